The van der Waals surface area contributed by atoms with Gasteiger partial charge in [0.1, 0.15) is 0 Å². The van der Waals surface area contributed by atoms with Gasteiger partial charge in [0, 0.05) is 25.8 Å². The Hall–Kier alpha value is -0.930. The monoisotopic (exact) mass is 206 g/mol. The van der Waals surface area contributed by atoms with Crippen LogP contribution in [-0.2, 0) is 6.54 Å². The predicted octanol–water partition coefficient (Wildman–Crippen LogP) is 1.35. The lowest BCUT2D eigenvalue weighted by Crippen LogP contribution is -2.60. The number of β-amino-alcohol motifs (C(OH)–C–C–N with tert-alkyl or cyclic N) is 1. The third-order valence-electron chi connectivity index (χ3n) is 3.19. The molecule has 1 aliphatic rings. The zero-order chi connectivity index (χ0) is 10.9. The number of aromatic nitrogens is 1. The number of aryl methyl sites for hydroxylation is 1. The molecular weight excluding hydrogens is 188 g/mol. The Morgan fingerprint density at radius 1 is 1.53 bits per heavy atom. The summed E-state index contributed by atoms with van der Waals surface area (Å²) in [4.78, 5) is 6.59. The van der Waals surface area contributed by atoms with E-state index in [9.17, 15) is 5.11 Å². The summed E-state index contributed by atoms with van der Waals surface area (Å²) in [7, 11) is 0. The Morgan fingerprint density at radius 2 is 2.27 bits per heavy atom. The smallest absolute Gasteiger partial charge is 0.0897 e. The fraction of sp³-hybridized carbons (Fsp3) is 0.583. The standard InChI is InChI=1S/C12H18N2O/c1-3-12(15)8-14(9-12)7-11-10(2)5-4-6-13-11/h4-6,15H,3,7-9H2,1-2H3. The van der Waals surface area contributed by atoms with Gasteiger partial charge in [-0.25, -0.2) is 0 Å². The first-order valence-electron chi connectivity index (χ1n) is 5.48. The highest BCUT2D eigenvalue weighted by molar-refractivity contribution is 5.18. The average Bonchev–Trinajstić information content (AvgIpc) is 2.18. The van der Waals surface area contributed by atoms with E-state index < -0.39 is 5.60 Å². The molecule has 15 heavy (non-hydrogen) atoms. The van der Waals surface area contributed by atoms with Crippen LogP contribution in [0.5, 0.6) is 0 Å². The first-order valence-corrected chi connectivity index (χ1v) is 5.48. The quantitative estimate of drug-likeness (QED) is 0.811. The predicted molar refractivity (Wildman–Crippen MR) is 59.5 cm³/mol. The Balaban J connectivity index is 1.93. The molecule has 82 valence electrons. The molecule has 0 amide bonds. The Kier molecular flexibility index (Phi) is 2.76. The summed E-state index contributed by atoms with van der Waals surface area (Å²) in [5, 5.41) is 9.87. The van der Waals surface area contributed by atoms with Gasteiger partial charge < -0.3 is 5.11 Å². The van der Waals surface area contributed by atoms with Crippen LogP contribution in [0.1, 0.15) is 24.6 Å². The van der Waals surface area contributed by atoms with E-state index in [1.807, 2.05) is 19.2 Å². The zero-order valence-electron chi connectivity index (χ0n) is 9.40. The minimum Gasteiger partial charge on any atom is -0.387 e. The third kappa shape index (κ3) is 2.19. The Bertz CT molecular complexity index is 345. The molecule has 0 radical (unpaired) electrons. The van der Waals surface area contributed by atoms with E-state index in [0.29, 0.717) is 0 Å². The van der Waals surface area contributed by atoms with Gasteiger partial charge in [-0.2, -0.15) is 0 Å². The van der Waals surface area contributed by atoms with Crippen molar-refractivity contribution in [3.63, 3.8) is 0 Å². The molecule has 0 aliphatic carbocycles. The summed E-state index contributed by atoms with van der Waals surface area (Å²) < 4.78 is 0. The third-order valence-corrected chi connectivity index (χ3v) is 3.19. The lowest BCUT2D eigenvalue weighted by molar-refractivity contribution is -0.103. The molecular formula is C12H18N2O. The van der Waals surface area contributed by atoms with Gasteiger partial charge in [0.2, 0.25) is 0 Å². The van der Waals surface area contributed by atoms with Crippen LogP contribution in [0.3, 0.4) is 0 Å². The maximum Gasteiger partial charge on any atom is 0.0897 e. The molecule has 0 unspecified atom stereocenters. The first-order chi connectivity index (χ1) is 7.13. The van der Waals surface area contributed by atoms with Crippen LogP contribution in [0.25, 0.3) is 0 Å². The van der Waals surface area contributed by atoms with Crippen molar-refractivity contribution in [3.8, 4) is 0 Å². The maximum absolute atomic E-state index is 9.87. The summed E-state index contributed by atoms with van der Waals surface area (Å²) in [5.74, 6) is 0. The summed E-state index contributed by atoms with van der Waals surface area (Å²) in [6, 6.07) is 4.03. The summed E-state index contributed by atoms with van der Waals surface area (Å²) in [6.07, 6.45) is 2.67. The largest absolute Gasteiger partial charge is 0.387 e. The van der Waals surface area contributed by atoms with Crippen molar-refractivity contribution < 1.29 is 5.11 Å². The lowest BCUT2D eigenvalue weighted by Gasteiger charge is -2.46. The minimum atomic E-state index is -0.442. The van der Waals surface area contributed by atoms with Gasteiger partial charge in [0.25, 0.3) is 0 Å². The second kappa shape index (κ2) is 3.91. The van der Waals surface area contributed by atoms with E-state index in [1.54, 1.807) is 0 Å². The second-order valence-corrected chi connectivity index (χ2v) is 4.49. The number of pyridine rings is 1. The van der Waals surface area contributed by atoms with Gasteiger partial charge in [-0.05, 0) is 25.0 Å². The van der Waals surface area contributed by atoms with E-state index >= 15 is 0 Å². The topological polar surface area (TPSA) is 36.4 Å². The summed E-state index contributed by atoms with van der Waals surface area (Å²) in [5.41, 5.74) is 1.91. The highest BCUT2D eigenvalue weighted by Gasteiger charge is 2.39. The molecule has 1 aromatic rings. The summed E-state index contributed by atoms with van der Waals surface area (Å²) >= 11 is 0. The van der Waals surface area contributed by atoms with Gasteiger partial charge >= 0.3 is 0 Å². The van der Waals surface area contributed by atoms with E-state index in [-0.39, 0.29) is 0 Å². The number of rotatable bonds is 3. The van der Waals surface area contributed by atoms with Crippen LogP contribution in [-0.4, -0.2) is 33.7 Å². The molecule has 1 aromatic heterocycles. The second-order valence-electron chi connectivity index (χ2n) is 4.49. The van der Waals surface area contributed by atoms with Crippen LogP contribution in [0.4, 0.5) is 0 Å². The number of hydrogen-bond acceptors (Lipinski definition) is 3. The number of likely N-dealkylation sites (tertiary alicyclic amines) is 1. The van der Waals surface area contributed by atoms with Crippen molar-refractivity contribution in [3.05, 3.63) is 29.6 Å². The molecule has 1 aliphatic heterocycles. The van der Waals surface area contributed by atoms with Crippen molar-refractivity contribution in [1.82, 2.24) is 9.88 Å². The van der Waals surface area contributed by atoms with E-state index in [0.717, 1.165) is 31.7 Å². The average molecular weight is 206 g/mol. The normalized spacial score (nSPS) is 19.9. The molecule has 1 fully saturated rings. The molecule has 3 heteroatoms. The fourth-order valence-electron chi connectivity index (χ4n) is 2.02. The van der Waals surface area contributed by atoms with Crippen molar-refractivity contribution in [2.45, 2.75) is 32.4 Å². The molecule has 0 saturated carbocycles. The Labute approximate surface area is 90.8 Å². The number of hydrogen-bond donors (Lipinski definition) is 1. The molecule has 0 aromatic carbocycles. The van der Waals surface area contributed by atoms with Crippen molar-refractivity contribution in [1.29, 1.82) is 0 Å². The molecule has 1 saturated heterocycles. The van der Waals surface area contributed by atoms with Crippen molar-refractivity contribution >= 4 is 0 Å². The first kappa shape index (κ1) is 10.6. The lowest BCUT2D eigenvalue weighted by atomic mass is 9.91. The van der Waals surface area contributed by atoms with Crippen LogP contribution < -0.4 is 0 Å². The number of aliphatic hydroxyl groups is 1. The Morgan fingerprint density at radius 3 is 2.87 bits per heavy atom. The van der Waals surface area contributed by atoms with Gasteiger partial charge in [-0.15, -0.1) is 0 Å². The molecule has 0 atom stereocenters. The molecule has 0 spiro atoms. The van der Waals surface area contributed by atoms with Crippen LogP contribution in [0, 0.1) is 6.92 Å². The molecule has 3 nitrogen and oxygen atoms in total. The molecule has 2 heterocycles. The molecule has 0 bridgehead atoms. The fourth-order valence-corrected chi connectivity index (χ4v) is 2.02. The van der Waals surface area contributed by atoms with E-state index in [1.165, 1.54) is 5.56 Å². The maximum atomic E-state index is 9.87. The minimum absolute atomic E-state index is 0.442. The van der Waals surface area contributed by atoms with Gasteiger partial charge in [-0.1, -0.05) is 13.0 Å². The highest BCUT2D eigenvalue weighted by atomic mass is 16.3. The highest BCUT2D eigenvalue weighted by Crippen LogP contribution is 2.25. The summed E-state index contributed by atoms with van der Waals surface area (Å²) in [6.45, 7) is 6.52. The van der Waals surface area contributed by atoms with E-state index in [4.69, 9.17) is 0 Å². The van der Waals surface area contributed by atoms with Crippen LogP contribution >= 0.6 is 0 Å². The van der Waals surface area contributed by atoms with Crippen LogP contribution in [0.2, 0.25) is 0 Å². The SMILES string of the molecule is CCC1(O)CN(Cc2ncccc2C)C1. The molecule has 1 N–H and O–H groups in total. The number of nitrogens with zero attached hydrogens (tertiary/aromatic N) is 2. The van der Waals surface area contributed by atoms with E-state index in [2.05, 4.69) is 22.9 Å². The van der Waals surface area contributed by atoms with Crippen molar-refractivity contribution in [2.75, 3.05) is 13.1 Å². The van der Waals surface area contributed by atoms with Gasteiger partial charge in [-0.3, -0.25) is 9.88 Å². The van der Waals surface area contributed by atoms with Gasteiger partial charge in [0.05, 0.1) is 11.3 Å². The van der Waals surface area contributed by atoms with Crippen molar-refractivity contribution in [2.24, 2.45) is 0 Å². The van der Waals surface area contributed by atoms with Crippen LogP contribution in [0.15, 0.2) is 18.3 Å². The molecule has 2 rings (SSSR count). The zero-order valence-corrected chi connectivity index (χ0v) is 9.40. The van der Waals surface area contributed by atoms with Gasteiger partial charge in [0.15, 0.2) is 0 Å².